The maximum Gasteiger partial charge on any atom is 0.248 e. The molecule has 2 N–H and O–H groups in total. The first-order chi connectivity index (χ1) is 8.21. The Morgan fingerprint density at radius 1 is 1.29 bits per heavy atom. The van der Waals surface area contributed by atoms with Crippen molar-refractivity contribution >= 4 is 23.2 Å². The summed E-state index contributed by atoms with van der Waals surface area (Å²) in [6.07, 6.45) is 3.55. The summed E-state index contributed by atoms with van der Waals surface area (Å²) < 4.78 is 0. The molecule has 4 nitrogen and oxygen atoms in total. The van der Waals surface area contributed by atoms with Crippen LogP contribution in [0.1, 0.15) is 36.6 Å². The summed E-state index contributed by atoms with van der Waals surface area (Å²) in [7, 11) is 0. The van der Waals surface area contributed by atoms with Crippen molar-refractivity contribution < 1.29 is 9.59 Å². The Morgan fingerprint density at radius 3 is 2.71 bits per heavy atom. The molecule has 2 amide bonds. The van der Waals surface area contributed by atoms with Crippen LogP contribution in [-0.4, -0.2) is 17.4 Å². The minimum absolute atomic E-state index is 0.0204. The predicted octanol–water partition coefficient (Wildman–Crippen LogP) is 1.35. The number of rotatable bonds is 1. The number of thiophene rings is 1. The van der Waals surface area contributed by atoms with Crippen LogP contribution in [0.3, 0.4) is 0 Å². The average Bonchev–Trinajstić information content (AvgIpc) is 2.95. The molecule has 1 saturated carbocycles. The van der Waals surface area contributed by atoms with E-state index in [4.69, 9.17) is 0 Å². The molecule has 1 aromatic heterocycles. The van der Waals surface area contributed by atoms with Crippen molar-refractivity contribution in [3.63, 3.8) is 0 Å². The fraction of sp³-hybridized carbons (Fsp3) is 0.500. The van der Waals surface area contributed by atoms with Gasteiger partial charge in [0.25, 0.3) is 0 Å². The molecule has 1 atom stereocenters. The first kappa shape index (κ1) is 10.8. The zero-order chi connectivity index (χ0) is 11.9. The number of amides is 2. The van der Waals surface area contributed by atoms with Gasteiger partial charge in [0.2, 0.25) is 11.8 Å². The van der Waals surface area contributed by atoms with E-state index in [1.807, 2.05) is 17.5 Å². The van der Waals surface area contributed by atoms with E-state index >= 15 is 0 Å². The van der Waals surface area contributed by atoms with E-state index in [1.165, 1.54) is 11.3 Å². The summed E-state index contributed by atoms with van der Waals surface area (Å²) in [6, 6.07) is 3.26. The molecule has 17 heavy (non-hydrogen) atoms. The maximum absolute atomic E-state index is 12.1. The van der Waals surface area contributed by atoms with Crippen molar-refractivity contribution in [3.05, 3.63) is 22.4 Å². The molecule has 0 aromatic carbocycles. The summed E-state index contributed by atoms with van der Waals surface area (Å²) in [5.74, 6) is -0.0954. The van der Waals surface area contributed by atoms with Gasteiger partial charge in [-0.25, -0.2) is 0 Å². The quantitative estimate of drug-likeness (QED) is 0.790. The first-order valence-electron chi connectivity index (χ1n) is 5.88. The van der Waals surface area contributed by atoms with Gasteiger partial charge in [-0.2, -0.15) is 0 Å². The molecule has 1 aliphatic carbocycles. The van der Waals surface area contributed by atoms with Crippen molar-refractivity contribution in [2.45, 2.75) is 37.3 Å². The molecule has 2 aliphatic rings. The summed E-state index contributed by atoms with van der Waals surface area (Å²) in [6.45, 7) is 0. The molecule has 0 radical (unpaired) electrons. The monoisotopic (exact) mass is 250 g/mol. The van der Waals surface area contributed by atoms with Crippen LogP contribution < -0.4 is 10.6 Å². The standard InChI is InChI=1S/C12H14N2O2S/c15-10-9(8-4-3-7-17-8)13-11(16)12(14-10)5-1-2-6-12/h3-4,7,9H,1-2,5-6H2,(H,13,16)(H,14,15). The van der Waals surface area contributed by atoms with Crippen molar-refractivity contribution in [1.82, 2.24) is 10.6 Å². The molecular weight excluding hydrogens is 236 g/mol. The van der Waals surface area contributed by atoms with Crippen LogP contribution in [0.2, 0.25) is 0 Å². The lowest BCUT2D eigenvalue weighted by Crippen LogP contribution is -2.65. The number of hydrogen-bond acceptors (Lipinski definition) is 3. The second-order valence-corrected chi connectivity index (χ2v) is 5.68. The molecule has 2 fully saturated rings. The van der Waals surface area contributed by atoms with E-state index in [1.54, 1.807) is 0 Å². The summed E-state index contributed by atoms with van der Waals surface area (Å²) in [4.78, 5) is 25.1. The average molecular weight is 250 g/mol. The minimum atomic E-state index is -0.620. The second-order valence-electron chi connectivity index (χ2n) is 4.70. The molecular formula is C12H14N2O2S. The number of carbonyl (C=O) groups is 2. The third kappa shape index (κ3) is 1.65. The Kier molecular flexibility index (Phi) is 2.43. The van der Waals surface area contributed by atoms with Gasteiger partial charge in [0.05, 0.1) is 0 Å². The van der Waals surface area contributed by atoms with E-state index < -0.39 is 11.6 Å². The smallest absolute Gasteiger partial charge is 0.248 e. The van der Waals surface area contributed by atoms with Gasteiger partial charge in [-0.15, -0.1) is 11.3 Å². The topological polar surface area (TPSA) is 58.2 Å². The van der Waals surface area contributed by atoms with Crippen molar-refractivity contribution in [2.24, 2.45) is 0 Å². The van der Waals surface area contributed by atoms with Gasteiger partial charge in [-0.1, -0.05) is 18.9 Å². The van der Waals surface area contributed by atoms with Gasteiger partial charge in [-0.3, -0.25) is 9.59 Å². The molecule has 1 saturated heterocycles. The van der Waals surface area contributed by atoms with Gasteiger partial charge in [0.1, 0.15) is 11.6 Å². The van der Waals surface area contributed by atoms with E-state index in [2.05, 4.69) is 10.6 Å². The van der Waals surface area contributed by atoms with Crippen LogP contribution in [0.5, 0.6) is 0 Å². The fourth-order valence-corrected chi connectivity index (χ4v) is 3.46. The van der Waals surface area contributed by atoms with E-state index in [-0.39, 0.29) is 11.8 Å². The molecule has 90 valence electrons. The zero-order valence-electron chi connectivity index (χ0n) is 9.36. The largest absolute Gasteiger partial charge is 0.340 e. The van der Waals surface area contributed by atoms with Crippen LogP contribution in [0.4, 0.5) is 0 Å². The predicted molar refractivity (Wildman–Crippen MR) is 64.5 cm³/mol. The number of piperazine rings is 1. The molecule has 1 spiro atoms. The van der Waals surface area contributed by atoms with Crippen molar-refractivity contribution in [3.8, 4) is 0 Å². The lowest BCUT2D eigenvalue weighted by atomic mass is 9.92. The second kappa shape index (κ2) is 3.84. The van der Waals surface area contributed by atoms with Crippen LogP contribution >= 0.6 is 11.3 Å². The zero-order valence-corrected chi connectivity index (χ0v) is 10.2. The lowest BCUT2D eigenvalue weighted by molar-refractivity contribution is -0.141. The van der Waals surface area contributed by atoms with Gasteiger partial charge in [0, 0.05) is 4.88 Å². The number of nitrogens with one attached hydrogen (secondary N) is 2. The van der Waals surface area contributed by atoms with Crippen molar-refractivity contribution in [2.75, 3.05) is 0 Å². The molecule has 1 aliphatic heterocycles. The van der Waals surface area contributed by atoms with Crippen LogP contribution in [0.15, 0.2) is 17.5 Å². The van der Waals surface area contributed by atoms with Crippen LogP contribution in [0.25, 0.3) is 0 Å². The van der Waals surface area contributed by atoms with Crippen LogP contribution in [-0.2, 0) is 9.59 Å². The normalized spacial score (nSPS) is 26.9. The Bertz CT molecular complexity index is 449. The third-order valence-corrected chi connectivity index (χ3v) is 4.56. The first-order valence-corrected chi connectivity index (χ1v) is 6.76. The van der Waals surface area contributed by atoms with Gasteiger partial charge in [0.15, 0.2) is 0 Å². The molecule has 1 aromatic rings. The van der Waals surface area contributed by atoms with E-state index in [9.17, 15) is 9.59 Å². The van der Waals surface area contributed by atoms with E-state index in [0.717, 1.165) is 30.6 Å². The van der Waals surface area contributed by atoms with E-state index in [0.29, 0.717) is 0 Å². The fourth-order valence-electron chi connectivity index (χ4n) is 2.69. The summed E-state index contributed by atoms with van der Waals surface area (Å²) >= 11 is 1.49. The molecule has 3 rings (SSSR count). The highest BCUT2D eigenvalue weighted by atomic mass is 32.1. The highest BCUT2D eigenvalue weighted by Crippen LogP contribution is 2.34. The highest BCUT2D eigenvalue weighted by molar-refractivity contribution is 7.10. The van der Waals surface area contributed by atoms with Gasteiger partial charge in [-0.05, 0) is 24.3 Å². The Morgan fingerprint density at radius 2 is 2.06 bits per heavy atom. The maximum atomic E-state index is 12.1. The Balaban J connectivity index is 1.85. The number of carbonyl (C=O) groups excluding carboxylic acids is 2. The van der Waals surface area contributed by atoms with Crippen molar-refractivity contribution in [1.29, 1.82) is 0 Å². The van der Waals surface area contributed by atoms with Gasteiger partial charge < -0.3 is 10.6 Å². The Labute approximate surface area is 103 Å². The lowest BCUT2D eigenvalue weighted by Gasteiger charge is -2.36. The molecule has 5 heteroatoms. The number of hydrogen-bond donors (Lipinski definition) is 2. The molecule has 2 heterocycles. The summed E-state index contributed by atoms with van der Waals surface area (Å²) in [5, 5.41) is 7.71. The minimum Gasteiger partial charge on any atom is -0.340 e. The summed E-state index contributed by atoms with van der Waals surface area (Å²) in [5.41, 5.74) is -0.620. The third-order valence-electron chi connectivity index (χ3n) is 3.62. The van der Waals surface area contributed by atoms with Crippen LogP contribution in [0, 0.1) is 0 Å². The van der Waals surface area contributed by atoms with Gasteiger partial charge >= 0.3 is 0 Å². The Hall–Kier alpha value is -1.36. The molecule has 0 bridgehead atoms. The molecule has 1 unspecified atom stereocenters. The highest BCUT2D eigenvalue weighted by Gasteiger charge is 2.48. The SMILES string of the molecule is O=C1NC2(CCCC2)C(=O)NC1c1cccs1.